The first-order valence-electron chi connectivity index (χ1n) is 24.4. The Kier molecular flexibility index (Phi) is 41.9. The minimum absolute atomic E-state index is 0.0419. The number of phosphoric acid groups is 1. The molecule has 0 spiro atoms. The molecule has 0 fully saturated rings. The second-order valence-electron chi connectivity index (χ2n) is 17.1. The third-order valence-electron chi connectivity index (χ3n) is 9.89. The number of rotatable bonds is 42. The Morgan fingerprint density at radius 2 is 0.968 bits per heavy atom. The van der Waals surface area contributed by atoms with Crippen molar-refractivity contribution in [3.8, 4) is 0 Å². The van der Waals surface area contributed by atoms with E-state index in [1.807, 2.05) is 27.2 Å². The van der Waals surface area contributed by atoms with E-state index < -0.39 is 20.0 Å². The van der Waals surface area contributed by atoms with Gasteiger partial charge in [-0.1, -0.05) is 174 Å². The van der Waals surface area contributed by atoms with Crippen LogP contribution in [-0.4, -0.2) is 73.4 Å². The van der Waals surface area contributed by atoms with Crippen LogP contribution in [0.5, 0.6) is 0 Å². The van der Waals surface area contributed by atoms with E-state index in [0.717, 1.165) is 116 Å². The number of unbranched alkanes of at least 4 members (excludes halogenated alkanes) is 11. The summed E-state index contributed by atoms with van der Waals surface area (Å²) < 4.78 is 23.5. The minimum atomic E-state index is -4.37. The van der Waals surface area contributed by atoms with Crippen molar-refractivity contribution in [3.05, 3.63) is 122 Å². The van der Waals surface area contributed by atoms with Gasteiger partial charge >= 0.3 is 7.82 Å². The molecule has 8 nitrogen and oxygen atoms in total. The van der Waals surface area contributed by atoms with Gasteiger partial charge in [-0.2, -0.15) is 0 Å². The quantitative estimate of drug-likeness (QED) is 0.0244. The molecule has 0 aromatic carbocycles. The van der Waals surface area contributed by atoms with E-state index in [1.165, 1.54) is 25.7 Å². The number of nitrogens with zero attached hydrogens (tertiary/aromatic N) is 1. The largest absolute Gasteiger partial charge is 0.472 e. The van der Waals surface area contributed by atoms with E-state index in [-0.39, 0.29) is 19.1 Å². The molecule has 0 heterocycles. The Morgan fingerprint density at radius 1 is 0.556 bits per heavy atom. The van der Waals surface area contributed by atoms with Crippen molar-refractivity contribution in [2.45, 2.75) is 174 Å². The van der Waals surface area contributed by atoms with Gasteiger partial charge in [0.1, 0.15) is 13.2 Å². The van der Waals surface area contributed by atoms with Crippen LogP contribution in [0.25, 0.3) is 0 Å². The lowest BCUT2D eigenvalue weighted by molar-refractivity contribution is -0.870. The summed E-state index contributed by atoms with van der Waals surface area (Å²) in [5.74, 6) is -0.218. The highest BCUT2D eigenvalue weighted by Crippen LogP contribution is 2.43. The predicted octanol–water partition coefficient (Wildman–Crippen LogP) is 14.2. The Balaban J connectivity index is 4.42. The first kappa shape index (κ1) is 59.9. The number of amides is 1. The molecule has 0 saturated carbocycles. The monoisotopic (exact) mass is 896 g/mol. The fourth-order valence-corrected chi connectivity index (χ4v) is 6.79. The average Bonchev–Trinajstić information content (AvgIpc) is 3.24. The smallest absolute Gasteiger partial charge is 0.387 e. The number of hydrogen-bond donors (Lipinski definition) is 3. The van der Waals surface area contributed by atoms with E-state index in [2.05, 4.69) is 129 Å². The second-order valence-corrected chi connectivity index (χ2v) is 18.5. The van der Waals surface area contributed by atoms with E-state index in [9.17, 15) is 19.4 Å². The number of carbonyl (C=O) groups excluding carboxylic acids is 1. The molecule has 3 atom stereocenters. The number of carbonyl (C=O) groups is 1. The molecule has 1 amide bonds. The highest BCUT2D eigenvalue weighted by Gasteiger charge is 2.27. The predicted molar refractivity (Wildman–Crippen MR) is 272 cm³/mol. The number of aliphatic hydroxyl groups is 1. The number of quaternary nitrogens is 1. The van der Waals surface area contributed by atoms with Crippen LogP contribution in [0.15, 0.2) is 122 Å². The van der Waals surface area contributed by atoms with Crippen molar-refractivity contribution in [1.82, 2.24) is 5.32 Å². The first-order chi connectivity index (χ1) is 30.5. The summed E-state index contributed by atoms with van der Waals surface area (Å²) in [6, 6.07) is -0.889. The molecule has 63 heavy (non-hydrogen) atoms. The van der Waals surface area contributed by atoms with Crippen LogP contribution in [0, 0.1) is 0 Å². The zero-order valence-electron chi connectivity index (χ0n) is 40.5. The molecule has 0 rings (SSSR count). The van der Waals surface area contributed by atoms with Crippen LogP contribution >= 0.6 is 7.82 Å². The van der Waals surface area contributed by atoms with Crippen LogP contribution in [0.4, 0.5) is 0 Å². The number of phosphoric ester groups is 1. The van der Waals surface area contributed by atoms with E-state index >= 15 is 0 Å². The Bertz CT molecular complexity index is 1430. The van der Waals surface area contributed by atoms with Gasteiger partial charge in [-0.3, -0.25) is 13.8 Å². The number of allylic oxidation sites excluding steroid dienone is 19. The number of aliphatic hydroxyl groups excluding tert-OH is 1. The van der Waals surface area contributed by atoms with Crippen molar-refractivity contribution < 1.29 is 32.9 Å². The summed E-state index contributed by atoms with van der Waals surface area (Å²) in [5, 5.41) is 13.8. The van der Waals surface area contributed by atoms with Gasteiger partial charge in [0.2, 0.25) is 5.91 Å². The zero-order chi connectivity index (χ0) is 46.4. The molecule has 358 valence electrons. The fraction of sp³-hybridized carbons (Fsp3) is 0.611. The summed E-state index contributed by atoms with van der Waals surface area (Å²) >= 11 is 0. The van der Waals surface area contributed by atoms with Crippen molar-refractivity contribution >= 4 is 13.7 Å². The molecular weight excluding hydrogens is 804 g/mol. The van der Waals surface area contributed by atoms with Gasteiger partial charge in [0.05, 0.1) is 39.9 Å². The summed E-state index contributed by atoms with van der Waals surface area (Å²) in [6.07, 6.45) is 65.6. The maximum atomic E-state index is 12.9. The highest BCUT2D eigenvalue weighted by molar-refractivity contribution is 7.47. The molecule has 0 aliphatic heterocycles. The molecule has 0 saturated heterocycles. The van der Waals surface area contributed by atoms with Crippen LogP contribution in [0.2, 0.25) is 0 Å². The average molecular weight is 896 g/mol. The molecule has 3 unspecified atom stereocenters. The zero-order valence-corrected chi connectivity index (χ0v) is 41.4. The van der Waals surface area contributed by atoms with Gasteiger partial charge < -0.3 is 19.8 Å². The van der Waals surface area contributed by atoms with Crippen LogP contribution in [0.1, 0.15) is 162 Å². The minimum Gasteiger partial charge on any atom is -0.387 e. The molecule has 9 heteroatoms. The van der Waals surface area contributed by atoms with Gasteiger partial charge in [0.25, 0.3) is 0 Å². The van der Waals surface area contributed by atoms with Crippen molar-refractivity contribution in [1.29, 1.82) is 0 Å². The summed E-state index contributed by atoms with van der Waals surface area (Å²) in [6.45, 7) is 4.60. The van der Waals surface area contributed by atoms with E-state index in [4.69, 9.17) is 9.05 Å². The van der Waals surface area contributed by atoms with Crippen molar-refractivity contribution in [3.63, 3.8) is 0 Å². The third-order valence-corrected chi connectivity index (χ3v) is 10.9. The first-order valence-corrected chi connectivity index (χ1v) is 25.9. The van der Waals surface area contributed by atoms with Gasteiger partial charge in [0, 0.05) is 6.42 Å². The lowest BCUT2D eigenvalue weighted by Gasteiger charge is -2.25. The van der Waals surface area contributed by atoms with E-state index in [1.54, 1.807) is 6.08 Å². The third kappa shape index (κ3) is 46.7. The standard InChI is InChI=1S/C54H91N2O6P/c1-6-8-10-12-14-16-18-20-22-23-24-25-26-27-28-29-30-31-32-33-34-36-38-40-42-44-46-48-54(58)55-52(51-62-63(59,60)61-50-49-56(3,4)5)53(57)47-45-43-41-39-37-35-21-19-17-15-13-11-9-7-2/h8,10,14,16-17,19-20,22,24-25,27-28,30-31,33-34,37,39,45,47,52-53,57H,6-7,9,11-13,15,18,21,23,26,29,32,35-36,38,40-44,46,48-51H2,1-5H3,(H-,55,58,59,60)/p+1/b10-8-,16-14-,19-17+,22-20-,25-24-,28-27-,31-30-,34-33-,39-37+,47-45+. The number of nitrogens with one attached hydrogen (secondary N) is 1. The Labute approximate surface area is 386 Å². The molecular formula is C54H92N2O6P+. The van der Waals surface area contributed by atoms with Gasteiger partial charge in [0.15, 0.2) is 0 Å². The fourth-order valence-electron chi connectivity index (χ4n) is 6.05. The number of likely N-dealkylation sites (N-methyl/N-ethyl adjacent to an activating group) is 1. The molecule has 0 aliphatic carbocycles. The van der Waals surface area contributed by atoms with Gasteiger partial charge in [-0.05, 0) is 103 Å². The van der Waals surface area contributed by atoms with Crippen LogP contribution in [-0.2, 0) is 18.4 Å². The Morgan fingerprint density at radius 3 is 1.46 bits per heavy atom. The molecule has 0 aliphatic rings. The highest BCUT2D eigenvalue weighted by atomic mass is 31.2. The van der Waals surface area contributed by atoms with Crippen molar-refractivity contribution in [2.75, 3.05) is 40.9 Å². The lowest BCUT2D eigenvalue weighted by atomic mass is 10.1. The summed E-state index contributed by atoms with van der Waals surface area (Å²) in [7, 11) is 1.51. The molecule has 0 aromatic rings. The maximum absolute atomic E-state index is 12.9. The van der Waals surface area contributed by atoms with Crippen molar-refractivity contribution in [2.24, 2.45) is 0 Å². The topological polar surface area (TPSA) is 105 Å². The van der Waals surface area contributed by atoms with Crippen LogP contribution < -0.4 is 5.32 Å². The number of hydrogen-bond acceptors (Lipinski definition) is 5. The van der Waals surface area contributed by atoms with Gasteiger partial charge in [-0.25, -0.2) is 4.57 Å². The van der Waals surface area contributed by atoms with Crippen LogP contribution in [0.3, 0.4) is 0 Å². The van der Waals surface area contributed by atoms with Gasteiger partial charge in [-0.15, -0.1) is 0 Å². The molecule has 0 bridgehead atoms. The van der Waals surface area contributed by atoms with E-state index in [0.29, 0.717) is 17.4 Å². The molecule has 3 N–H and O–H groups in total. The Hall–Kier alpha value is -3.10. The lowest BCUT2D eigenvalue weighted by Crippen LogP contribution is -2.45. The second kappa shape index (κ2) is 44.1. The molecule has 0 radical (unpaired) electrons. The SMILES string of the molecule is CC/C=C\C/C=C\C/C=C\C/C=C\C/C=C\C/C=C\C/C=C\CCCCCCCC(=O)NC(COP(=O)(O)OCC[N+](C)(C)C)C(O)/C=C/CC/C=C/CC/C=C/CCCCCC. The normalized spacial score (nSPS) is 15.2. The molecule has 0 aromatic heterocycles. The summed E-state index contributed by atoms with van der Waals surface area (Å²) in [5.41, 5.74) is 0. The maximum Gasteiger partial charge on any atom is 0.472 e. The summed E-state index contributed by atoms with van der Waals surface area (Å²) in [4.78, 5) is 23.2.